The number of hydrogen-bond acceptors (Lipinski definition) is 3. The number of aromatic hydroxyl groups is 2. The van der Waals surface area contributed by atoms with E-state index in [1.807, 2.05) is 17.7 Å². The predicted molar refractivity (Wildman–Crippen MR) is 57.8 cm³/mol. The average molecular weight is 206 g/mol. The van der Waals surface area contributed by atoms with Crippen LogP contribution in [-0.4, -0.2) is 10.2 Å². The number of benzene rings is 1. The van der Waals surface area contributed by atoms with Crippen molar-refractivity contribution in [1.29, 1.82) is 0 Å². The van der Waals surface area contributed by atoms with Crippen LogP contribution in [0.1, 0.15) is 5.56 Å². The van der Waals surface area contributed by atoms with Crippen LogP contribution in [0.5, 0.6) is 11.5 Å². The number of phenolic OH excluding ortho intramolecular Hbond substituents is 2. The van der Waals surface area contributed by atoms with Gasteiger partial charge >= 0.3 is 0 Å². The molecule has 0 aliphatic rings. The molecular weight excluding hydrogens is 196 g/mol. The number of hydrogen-bond donors (Lipinski definition) is 2. The van der Waals surface area contributed by atoms with Crippen molar-refractivity contribution in [2.45, 2.75) is 6.92 Å². The molecule has 0 amide bonds. The Morgan fingerprint density at radius 1 is 1.00 bits per heavy atom. The van der Waals surface area contributed by atoms with Crippen molar-refractivity contribution in [3.63, 3.8) is 0 Å². The number of aryl methyl sites for hydroxylation is 1. The van der Waals surface area contributed by atoms with Gasteiger partial charge in [0.05, 0.1) is 0 Å². The van der Waals surface area contributed by atoms with Gasteiger partial charge in [-0.05, 0) is 46.5 Å². The standard InChI is InChI=1S/C11H10O2S/c1-7-5-14-6-11(7)8-2-9(12)4-10(13)3-8/h2-6,12-13H,1H3. The van der Waals surface area contributed by atoms with Gasteiger partial charge in [0.2, 0.25) is 0 Å². The van der Waals surface area contributed by atoms with Crippen LogP contribution >= 0.6 is 11.3 Å². The maximum Gasteiger partial charge on any atom is 0.119 e. The van der Waals surface area contributed by atoms with Gasteiger partial charge in [0.15, 0.2) is 0 Å². The average Bonchev–Trinajstić information content (AvgIpc) is 2.49. The molecule has 1 heterocycles. The first-order chi connectivity index (χ1) is 6.66. The van der Waals surface area contributed by atoms with Crippen LogP contribution in [0, 0.1) is 6.92 Å². The second-order valence-corrected chi connectivity index (χ2v) is 3.95. The molecule has 0 unspecified atom stereocenters. The van der Waals surface area contributed by atoms with Gasteiger partial charge in [0.25, 0.3) is 0 Å². The van der Waals surface area contributed by atoms with Gasteiger partial charge in [0, 0.05) is 6.07 Å². The smallest absolute Gasteiger partial charge is 0.119 e. The number of thiophene rings is 1. The molecule has 72 valence electrons. The van der Waals surface area contributed by atoms with Gasteiger partial charge in [-0.3, -0.25) is 0 Å². The molecule has 2 rings (SSSR count). The van der Waals surface area contributed by atoms with E-state index in [4.69, 9.17) is 0 Å². The number of phenols is 2. The second-order valence-electron chi connectivity index (χ2n) is 3.21. The lowest BCUT2D eigenvalue weighted by atomic mass is 10.1. The van der Waals surface area contributed by atoms with E-state index < -0.39 is 0 Å². The Kier molecular flexibility index (Phi) is 2.17. The summed E-state index contributed by atoms with van der Waals surface area (Å²) >= 11 is 1.61. The van der Waals surface area contributed by atoms with E-state index >= 15 is 0 Å². The molecule has 0 saturated heterocycles. The summed E-state index contributed by atoms with van der Waals surface area (Å²) in [5, 5.41) is 22.7. The summed E-state index contributed by atoms with van der Waals surface area (Å²) in [5.41, 5.74) is 3.06. The second kappa shape index (κ2) is 3.35. The molecule has 2 N–H and O–H groups in total. The molecule has 0 spiro atoms. The summed E-state index contributed by atoms with van der Waals surface area (Å²) in [7, 11) is 0. The summed E-state index contributed by atoms with van der Waals surface area (Å²) in [6.07, 6.45) is 0. The summed E-state index contributed by atoms with van der Waals surface area (Å²) in [6.45, 7) is 2.01. The molecular formula is C11H10O2S. The highest BCUT2D eigenvalue weighted by Crippen LogP contribution is 2.32. The highest BCUT2D eigenvalue weighted by atomic mass is 32.1. The van der Waals surface area contributed by atoms with Crippen molar-refractivity contribution in [2.24, 2.45) is 0 Å². The first kappa shape index (κ1) is 9.09. The van der Waals surface area contributed by atoms with Crippen LogP contribution in [0.3, 0.4) is 0 Å². The van der Waals surface area contributed by atoms with E-state index in [2.05, 4.69) is 0 Å². The van der Waals surface area contributed by atoms with E-state index in [9.17, 15) is 10.2 Å². The van der Waals surface area contributed by atoms with Crippen LogP contribution < -0.4 is 0 Å². The Morgan fingerprint density at radius 2 is 1.64 bits per heavy atom. The van der Waals surface area contributed by atoms with E-state index in [0.29, 0.717) is 0 Å². The summed E-state index contributed by atoms with van der Waals surface area (Å²) in [4.78, 5) is 0. The predicted octanol–water partition coefficient (Wildman–Crippen LogP) is 3.13. The van der Waals surface area contributed by atoms with Gasteiger partial charge in [-0.2, -0.15) is 11.3 Å². The molecule has 0 atom stereocenters. The van der Waals surface area contributed by atoms with Crippen molar-refractivity contribution < 1.29 is 10.2 Å². The maximum absolute atomic E-state index is 9.33. The van der Waals surface area contributed by atoms with Crippen molar-refractivity contribution in [1.82, 2.24) is 0 Å². The van der Waals surface area contributed by atoms with Crippen molar-refractivity contribution in [2.75, 3.05) is 0 Å². The molecule has 14 heavy (non-hydrogen) atoms. The zero-order chi connectivity index (χ0) is 10.1. The third-order valence-electron chi connectivity index (χ3n) is 2.07. The largest absolute Gasteiger partial charge is 0.508 e. The first-order valence-electron chi connectivity index (χ1n) is 4.23. The van der Waals surface area contributed by atoms with E-state index in [1.165, 1.54) is 6.07 Å². The van der Waals surface area contributed by atoms with Crippen LogP contribution in [0.4, 0.5) is 0 Å². The molecule has 0 saturated carbocycles. The lowest BCUT2D eigenvalue weighted by Gasteiger charge is -2.02. The van der Waals surface area contributed by atoms with Crippen molar-refractivity contribution >= 4 is 11.3 Å². The minimum Gasteiger partial charge on any atom is -0.508 e. The molecule has 0 aliphatic carbocycles. The van der Waals surface area contributed by atoms with E-state index in [-0.39, 0.29) is 11.5 Å². The monoisotopic (exact) mass is 206 g/mol. The Bertz CT molecular complexity index is 440. The van der Waals surface area contributed by atoms with Crippen LogP contribution in [-0.2, 0) is 0 Å². The Labute approximate surface area is 86.1 Å². The quantitative estimate of drug-likeness (QED) is 0.752. The molecule has 3 heteroatoms. The fourth-order valence-corrected chi connectivity index (χ4v) is 2.26. The SMILES string of the molecule is Cc1cscc1-c1cc(O)cc(O)c1. The van der Waals surface area contributed by atoms with Crippen molar-refractivity contribution in [3.05, 3.63) is 34.5 Å². The first-order valence-corrected chi connectivity index (χ1v) is 5.17. The minimum atomic E-state index is 0.0885. The Hall–Kier alpha value is -1.48. The molecule has 0 aliphatic heterocycles. The van der Waals surface area contributed by atoms with Gasteiger partial charge in [0.1, 0.15) is 11.5 Å². The molecule has 2 aromatic rings. The summed E-state index contributed by atoms with van der Waals surface area (Å²) in [5.74, 6) is 0.177. The highest BCUT2D eigenvalue weighted by molar-refractivity contribution is 7.08. The zero-order valence-corrected chi connectivity index (χ0v) is 8.51. The van der Waals surface area contributed by atoms with Gasteiger partial charge < -0.3 is 10.2 Å². The van der Waals surface area contributed by atoms with Crippen LogP contribution in [0.2, 0.25) is 0 Å². The Morgan fingerprint density at radius 3 is 2.14 bits per heavy atom. The third kappa shape index (κ3) is 1.59. The minimum absolute atomic E-state index is 0.0885. The molecule has 2 nitrogen and oxygen atoms in total. The summed E-state index contributed by atoms with van der Waals surface area (Å²) < 4.78 is 0. The lowest BCUT2D eigenvalue weighted by Crippen LogP contribution is -1.77. The summed E-state index contributed by atoms with van der Waals surface area (Å²) in [6, 6.07) is 4.62. The fourth-order valence-electron chi connectivity index (χ4n) is 1.41. The topological polar surface area (TPSA) is 40.5 Å². The van der Waals surface area contributed by atoms with Crippen molar-refractivity contribution in [3.8, 4) is 22.6 Å². The molecule has 0 bridgehead atoms. The zero-order valence-electron chi connectivity index (χ0n) is 7.69. The molecule has 1 aromatic heterocycles. The molecule has 0 fully saturated rings. The molecule has 0 radical (unpaired) electrons. The van der Waals surface area contributed by atoms with Gasteiger partial charge in [-0.1, -0.05) is 0 Å². The number of rotatable bonds is 1. The van der Waals surface area contributed by atoms with E-state index in [1.54, 1.807) is 23.5 Å². The molecule has 1 aromatic carbocycles. The van der Waals surface area contributed by atoms with Gasteiger partial charge in [-0.15, -0.1) is 0 Å². The normalized spacial score (nSPS) is 10.4. The Balaban J connectivity index is 2.57. The fraction of sp³-hybridized carbons (Fsp3) is 0.0909. The van der Waals surface area contributed by atoms with Gasteiger partial charge in [-0.25, -0.2) is 0 Å². The lowest BCUT2D eigenvalue weighted by molar-refractivity contribution is 0.451. The third-order valence-corrected chi connectivity index (χ3v) is 2.93. The van der Waals surface area contributed by atoms with E-state index in [0.717, 1.165) is 16.7 Å². The maximum atomic E-state index is 9.33. The van der Waals surface area contributed by atoms with Crippen LogP contribution in [0.25, 0.3) is 11.1 Å². The van der Waals surface area contributed by atoms with Crippen LogP contribution in [0.15, 0.2) is 29.0 Å². The highest BCUT2D eigenvalue weighted by Gasteiger charge is 2.05.